The zero-order valence-corrected chi connectivity index (χ0v) is 20.4. The summed E-state index contributed by atoms with van der Waals surface area (Å²) >= 11 is 0. The predicted molar refractivity (Wildman–Crippen MR) is 131 cm³/mol. The van der Waals surface area contributed by atoms with Crippen LogP contribution < -0.4 is 5.32 Å². The molecule has 0 spiro atoms. The molecule has 0 bridgehead atoms. The molecule has 1 aliphatic rings. The zero-order chi connectivity index (χ0) is 22.4. The van der Waals surface area contributed by atoms with Gasteiger partial charge in [-0.2, -0.15) is 10.1 Å². The van der Waals surface area contributed by atoms with Crippen molar-refractivity contribution >= 4 is 25.1 Å². The Morgan fingerprint density at radius 3 is 2.66 bits per heavy atom. The van der Waals surface area contributed by atoms with Gasteiger partial charge in [0.1, 0.15) is 0 Å². The fourth-order valence-electron chi connectivity index (χ4n) is 3.69. The third kappa shape index (κ3) is 6.13. The normalized spacial score (nSPS) is 15.3. The fraction of sp³-hybridized carbons (Fsp3) is 0.522. The Morgan fingerprint density at radius 1 is 1.12 bits per heavy atom. The van der Waals surface area contributed by atoms with Crippen molar-refractivity contribution in [3.63, 3.8) is 0 Å². The lowest BCUT2D eigenvalue weighted by molar-refractivity contribution is 0.0398. The molecule has 0 amide bonds. The molecule has 172 valence electrons. The third-order valence-corrected chi connectivity index (χ3v) is 7.31. The van der Waals surface area contributed by atoms with Gasteiger partial charge in [-0.15, -0.1) is 0 Å². The lowest BCUT2D eigenvalue weighted by Crippen LogP contribution is -2.39. The molecule has 0 unspecified atom stereocenters. The number of aromatic amines is 1. The van der Waals surface area contributed by atoms with E-state index in [1.807, 2.05) is 18.2 Å². The van der Waals surface area contributed by atoms with E-state index in [0.717, 1.165) is 74.4 Å². The highest BCUT2D eigenvalue weighted by atomic mass is 28.3. The smallest absolute Gasteiger partial charge is 0.225 e. The first kappa shape index (κ1) is 22.8. The Hall–Kier alpha value is -2.33. The maximum Gasteiger partial charge on any atom is 0.225 e. The molecule has 1 aliphatic heterocycles. The van der Waals surface area contributed by atoms with E-state index < -0.39 is 8.07 Å². The third-order valence-electron chi connectivity index (χ3n) is 5.60. The molecule has 3 heterocycles. The van der Waals surface area contributed by atoms with Gasteiger partial charge in [0.2, 0.25) is 5.95 Å². The number of nitrogens with zero attached hydrogens (tertiary/aromatic N) is 4. The van der Waals surface area contributed by atoms with E-state index in [1.54, 1.807) is 0 Å². The molecule has 3 aromatic rings. The number of anilines is 1. The molecule has 4 rings (SSSR count). The van der Waals surface area contributed by atoms with E-state index in [1.165, 1.54) is 0 Å². The SMILES string of the molecule is C[Si](C)(C)CCOCc1nc(NCCN2CCOCC2)nc2n[nH]c(-c3ccccc3)c12. The van der Waals surface area contributed by atoms with E-state index in [4.69, 9.17) is 14.5 Å². The molecule has 1 fully saturated rings. The summed E-state index contributed by atoms with van der Waals surface area (Å²) in [5.74, 6) is 0.598. The van der Waals surface area contributed by atoms with E-state index in [9.17, 15) is 0 Å². The van der Waals surface area contributed by atoms with Crippen LogP contribution in [0.25, 0.3) is 22.3 Å². The van der Waals surface area contributed by atoms with Crippen molar-refractivity contribution in [2.24, 2.45) is 0 Å². The molecule has 9 heteroatoms. The van der Waals surface area contributed by atoms with Crippen molar-refractivity contribution in [3.8, 4) is 11.3 Å². The summed E-state index contributed by atoms with van der Waals surface area (Å²) in [5, 5.41) is 12.0. The molecule has 0 aliphatic carbocycles. The Labute approximate surface area is 190 Å². The lowest BCUT2D eigenvalue weighted by atomic mass is 10.1. The molecule has 1 saturated heterocycles. The van der Waals surface area contributed by atoms with Crippen molar-refractivity contribution in [1.29, 1.82) is 0 Å². The van der Waals surface area contributed by atoms with Crippen LogP contribution >= 0.6 is 0 Å². The van der Waals surface area contributed by atoms with E-state index in [-0.39, 0.29) is 0 Å². The van der Waals surface area contributed by atoms with Gasteiger partial charge in [0.15, 0.2) is 5.65 Å². The Kier molecular flexibility index (Phi) is 7.51. The van der Waals surface area contributed by atoms with Crippen LogP contribution in [0.2, 0.25) is 25.7 Å². The van der Waals surface area contributed by atoms with Crippen LogP contribution in [0.4, 0.5) is 5.95 Å². The highest BCUT2D eigenvalue weighted by molar-refractivity contribution is 6.76. The minimum atomic E-state index is -1.15. The summed E-state index contributed by atoms with van der Waals surface area (Å²) in [7, 11) is -1.15. The Balaban J connectivity index is 1.53. The first-order chi connectivity index (χ1) is 15.5. The van der Waals surface area contributed by atoms with Crippen LogP contribution in [0, 0.1) is 0 Å². The van der Waals surface area contributed by atoms with Gasteiger partial charge in [0, 0.05) is 46.4 Å². The number of H-pyrrole nitrogens is 1. The number of fused-ring (bicyclic) bond motifs is 1. The molecule has 32 heavy (non-hydrogen) atoms. The zero-order valence-electron chi connectivity index (χ0n) is 19.4. The molecule has 8 nitrogen and oxygen atoms in total. The average Bonchev–Trinajstić information content (AvgIpc) is 3.22. The second-order valence-corrected chi connectivity index (χ2v) is 15.0. The number of benzene rings is 1. The quantitative estimate of drug-likeness (QED) is 0.357. The van der Waals surface area contributed by atoms with E-state index >= 15 is 0 Å². The van der Waals surface area contributed by atoms with Crippen molar-refractivity contribution in [1.82, 2.24) is 25.1 Å². The van der Waals surface area contributed by atoms with E-state index in [0.29, 0.717) is 18.2 Å². The molecule has 0 radical (unpaired) electrons. The summed E-state index contributed by atoms with van der Waals surface area (Å²) in [4.78, 5) is 11.9. The van der Waals surface area contributed by atoms with Gasteiger partial charge in [-0.3, -0.25) is 10.00 Å². The van der Waals surface area contributed by atoms with Gasteiger partial charge in [0.05, 0.1) is 36.6 Å². The highest BCUT2D eigenvalue weighted by Crippen LogP contribution is 2.28. The minimum Gasteiger partial charge on any atom is -0.379 e. The van der Waals surface area contributed by atoms with Crippen molar-refractivity contribution in [3.05, 3.63) is 36.0 Å². The molecule has 2 N–H and O–H groups in total. The molecular weight excluding hydrogens is 420 g/mol. The van der Waals surface area contributed by atoms with Gasteiger partial charge < -0.3 is 14.8 Å². The Morgan fingerprint density at radius 2 is 1.91 bits per heavy atom. The number of nitrogens with one attached hydrogen (secondary N) is 2. The first-order valence-corrected chi connectivity index (χ1v) is 15.1. The number of hydrogen-bond acceptors (Lipinski definition) is 7. The first-order valence-electron chi connectivity index (χ1n) is 11.4. The highest BCUT2D eigenvalue weighted by Gasteiger charge is 2.18. The minimum absolute atomic E-state index is 0.445. The Bertz CT molecular complexity index is 999. The number of aromatic nitrogens is 4. The van der Waals surface area contributed by atoms with Crippen LogP contribution in [0.3, 0.4) is 0 Å². The molecule has 1 aromatic carbocycles. The van der Waals surface area contributed by atoms with Crippen molar-refractivity contribution in [2.75, 3.05) is 51.3 Å². The van der Waals surface area contributed by atoms with Gasteiger partial charge >= 0.3 is 0 Å². The monoisotopic (exact) mass is 454 g/mol. The number of rotatable bonds is 10. The van der Waals surface area contributed by atoms with Crippen LogP contribution in [0.5, 0.6) is 0 Å². The van der Waals surface area contributed by atoms with Gasteiger partial charge in [0.25, 0.3) is 0 Å². The van der Waals surface area contributed by atoms with Crippen LogP contribution in [-0.2, 0) is 16.1 Å². The van der Waals surface area contributed by atoms with Crippen LogP contribution in [-0.4, -0.2) is 79.1 Å². The fourth-order valence-corrected chi connectivity index (χ4v) is 4.45. The second-order valence-electron chi connectivity index (χ2n) is 9.40. The van der Waals surface area contributed by atoms with Crippen molar-refractivity contribution in [2.45, 2.75) is 32.3 Å². The van der Waals surface area contributed by atoms with Gasteiger partial charge in [-0.05, 0) is 6.04 Å². The predicted octanol–water partition coefficient (Wildman–Crippen LogP) is 3.62. The number of morpholine rings is 1. The number of ether oxygens (including phenoxy) is 2. The largest absolute Gasteiger partial charge is 0.379 e. The average molecular weight is 455 g/mol. The molecular formula is C23H34N6O2Si. The van der Waals surface area contributed by atoms with Crippen LogP contribution in [0.1, 0.15) is 5.69 Å². The number of hydrogen-bond donors (Lipinski definition) is 2. The van der Waals surface area contributed by atoms with Gasteiger partial charge in [-0.25, -0.2) is 4.98 Å². The summed E-state index contributed by atoms with van der Waals surface area (Å²) < 4.78 is 11.5. The van der Waals surface area contributed by atoms with Crippen molar-refractivity contribution < 1.29 is 9.47 Å². The van der Waals surface area contributed by atoms with E-state index in [2.05, 4.69) is 57.2 Å². The molecule has 0 saturated carbocycles. The molecule has 2 aromatic heterocycles. The van der Waals surface area contributed by atoms with Gasteiger partial charge in [-0.1, -0.05) is 50.0 Å². The standard InChI is InChI=1S/C23H34N6O2Si/c1-32(2,3)16-15-31-17-19-20-21(18-7-5-4-6-8-18)27-28-22(20)26-23(25-19)24-9-10-29-11-13-30-14-12-29/h4-8H,9-17H2,1-3H3,(H2,24,25,26,27,28). The second kappa shape index (κ2) is 10.5. The van der Waals surface area contributed by atoms with Crippen LogP contribution in [0.15, 0.2) is 30.3 Å². The lowest BCUT2D eigenvalue weighted by Gasteiger charge is -2.26. The maximum absolute atomic E-state index is 6.07. The topological polar surface area (TPSA) is 88.2 Å². The summed E-state index contributed by atoms with van der Waals surface area (Å²) in [6, 6.07) is 11.3. The maximum atomic E-state index is 6.07. The summed E-state index contributed by atoms with van der Waals surface area (Å²) in [6.45, 7) is 13.5. The molecule has 0 atom stereocenters. The summed E-state index contributed by atoms with van der Waals surface area (Å²) in [6.07, 6.45) is 0. The summed E-state index contributed by atoms with van der Waals surface area (Å²) in [5.41, 5.74) is 3.53.